The fourth-order valence-corrected chi connectivity index (χ4v) is 3.80. The summed E-state index contributed by atoms with van der Waals surface area (Å²) in [7, 11) is 0. The molecule has 1 aromatic heterocycles. The van der Waals surface area contributed by atoms with Gasteiger partial charge in [0.1, 0.15) is 0 Å². The largest absolute Gasteiger partial charge is 0.361 e. The Balaban J connectivity index is 1.41. The second kappa shape index (κ2) is 7.29. The van der Waals surface area contributed by atoms with Crippen molar-refractivity contribution in [1.82, 2.24) is 10.3 Å². The zero-order valence-corrected chi connectivity index (χ0v) is 16.5. The number of halogens is 1. The van der Waals surface area contributed by atoms with Gasteiger partial charge in [0.2, 0.25) is 5.91 Å². The molecule has 0 aliphatic carbocycles. The number of imide groups is 1. The van der Waals surface area contributed by atoms with Crippen LogP contribution in [0.1, 0.15) is 17.5 Å². The standard InChI is InChI=1S/C21H20BrN3O2/c1-13-2-7-18-17(10-13)14(12-24-18)8-9-23-19-11-20(26)25(21(19)27)16-5-3-15(22)4-6-16/h2-7,10,12,19,23-24H,8-9,11H2,1H3. The Morgan fingerprint density at radius 3 is 2.74 bits per heavy atom. The van der Waals surface area contributed by atoms with Crippen LogP contribution in [0.15, 0.2) is 53.1 Å². The van der Waals surface area contributed by atoms with E-state index >= 15 is 0 Å². The number of amides is 2. The van der Waals surface area contributed by atoms with Crippen molar-refractivity contribution in [1.29, 1.82) is 0 Å². The van der Waals surface area contributed by atoms with Crippen molar-refractivity contribution in [2.45, 2.75) is 25.8 Å². The predicted molar refractivity (Wildman–Crippen MR) is 110 cm³/mol. The van der Waals surface area contributed by atoms with E-state index in [4.69, 9.17) is 0 Å². The fraction of sp³-hybridized carbons (Fsp3) is 0.238. The normalized spacial score (nSPS) is 17.3. The van der Waals surface area contributed by atoms with Gasteiger partial charge in [-0.3, -0.25) is 9.59 Å². The van der Waals surface area contributed by atoms with Gasteiger partial charge in [0.05, 0.1) is 18.2 Å². The fourth-order valence-electron chi connectivity index (χ4n) is 3.53. The van der Waals surface area contributed by atoms with Crippen molar-refractivity contribution in [3.05, 3.63) is 64.3 Å². The molecule has 6 heteroatoms. The lowest BCUT2D eigenvalue weighted by Gasteiger charge is -2.15. The number of aromatic amines is 1. The van der Waals surface area contributed by atoms with Crippen LogP contribution in [0, 0.1) is 6.92 Å². The molecule has 27 heavy (non-hydrogen) atoms. The molecule has 3 aromatic rings. The van der Waals surface area contributed by atoms with Crippen molar-refractivity contribution in [3.8, 4) is 0 Å². The first kappa shape index (κ1) is 17.9. The van der Waals surface area contributed by atoms with E-state index in [1.54, 1.807) is 12.1 Å². The molecule has 4 rings (SSSR count). The van der Waals surface area contributed by atoms with Crippen LogP contribution < -0.4 is 10.2 Å². The van der Waals surface area contributed by atoms with Crippen molar-refractivity contribution >= 4 is 44.3 Å². The maximum atomic E-state index is 12.7. The number of aromatic nitrogens is 1. The molecule has 5 nitrogen and oxygen atoms in total. The highest BCUT2D eigenvalue weighted by molar-refractivity contribution is 9.10. The average molecular weight is 426 g/mol. The number of fused-ring (bicyclic) bond motifs is 1. The summed E-state index contributed by atoms with van der Waals surface area (Å²) < 4.78 is 0.911. The van der Waals surface area contributed by atoms with Crippen LogP contribution in [-0.2, 0) is 16.0 Å². The van der Waals surface area contributed by atoms with E-state index in [-0.39, 0.29) is 18.2 Å². The molecule has 1 aliphatic heterocycles. The summed E-state index contributed by atoms with van der Waals surface area (Å²) in [6.45, 7) is 2.72. The number of carbonyl (C=O) groups is 2. The molecular formula is C21H20BrN3O2. The minimum absolute atomic E-state index is 0.164. The highest BCUT2D eigenvalue weighted by atomic mass is 79.9. The van der Waals surface area contributed by atoms with E-state index in [1.165, 1.54) is 21.4 Å². The lowest BCUT2D eigenvalue weighted by atomic mass is 10.1. The number of hydrogen-bond donors (Lipinski definition) is 2. The van der Waals surface area contributed by atoms with Crippen molar-refractivity contribution in [2.75, 3.05) is 11.4 Å². The van der Waals surface area contributed by atoms with Crippen molar-refractivity contribution in [3.63, 3.8) is 0 Å². The molecule has 2 aromatic carbocycles. The van der Waals surface area contributed by atoms with Gasteiger partial charge in [-0.15, -0.1) is 0 Å². The highest BCUT2D eigenvalue weighted by Crippen LogP contribution is 2.25. The zero-order valence-electron chi connectivity index (χ0n) is 15.0. The van der Waals surface area contributed by atoms with Gasteiger partial charge in [0.15, 0.2) is 0 Å². The first-order chi connectivity index (χ1) is 13.0. The number of anilines is 1. The third-order valence-corrected chi connectivity index (χ3v) is 5.47. The molecule has 1 fully saturated rings. The first-order valence-corrected chi connectivity index (χ1v) is 9.74. The van der Waals surface area contributed by atoms with E-state index in [2.05, 4.69) is 51.4 Å². The van der Waals surface area contributed by atoms with Crippen LogP contribution in [0.2, 0.25) is 0 Å². The minimum Gasteiger partial charge on any atom is -0.361 e. The molecule has 2 N–H and O–H groups in total. The molecule has 0 spiro atoms. The Morgan fingerprint density at radius 1 is 1.19 bits per heavy atom. The quantitative estimate of drug-likeness (QED) is 0.612. The molecule has 0 radical (unpaired) electrons. The minimum atomic E-state index is -0.465. The van der Waals surface area contributed by atoms with Crippen LogP contribution in [0.4, 0.5) is 5.69 Å². The number of nitrogens with zero attached hydrogens (tertiary/aromatic N) is 1. The van der Waals surface area contributed by atoms with E-state index in [1.807, 2.05) is 18.3 Å². The SMILES string of the molecule is Cc1ccc2[nH]cc(CCNC3CC(=O)N(c4ccc(Br)cc4)C3=O)c2c1. The topological polar surface area (TPSA) is 65.2 Å². The summed E-state index contributed by atoms with van der Waals surface area (Å²) >= 11 is 3.37. The van der Waals surface area contributed by atoms with Crippen LogP contribution in [0.25, 0.3) is 10.9 Å². The summed E-state index contributed by atoms with van der Waals surface area (Å²) in [5.74, 6) is -0.348. The van der Waals surface area contributed by atoms with Gasteiger partial charge in [-0.05, 0) is 55.3 Å². The number of H-pyrrole nitrogens is 1. The molecule has 2 amide bonds. The Bertz CT molecular complexity index is 1010. The number of aryl methyl sites for hydroxylation is 1. The number of rotatable bonds is 5. The monoisotopic (exact) mass is 425 g/mol. The van der Waals surface area contributed by atoms with E-state index in [0.29, 0.717) is 12.2 Å². The second-order valence-corrected chi connectivity index (χ2v) is 7.78. The van der Waals surface area contributed by atoms with Gasteiger partial charge in [-0.2, -0.15) is 0 Å². The van der Waals surface area contributed by atoms with Crippen molar-refractivity contribution in [2.24, 2.45) is 0 Å². The summed E-state index contributed by atoms with van der Waals surface area (Å²) in [5.41, 5.74) is 4.16. The van der Waals surface area contributed by atoms with Crippen LogP contribution in [0.3, 0.4) is 0 Å². The number of hydrogen-bond acceptors (Lipinski definition) is 3. The van der Waals surface area contributed by atoms with Crippen LogP contribution >= 0.6 is 15.9 Å². The lowest BCUT2D eigenvalue weighted by Crippen LogP contribution is -2.39. The van der Waals surface area contributed by atoms with Gasteiger partial charge in [-0.1, -0.05) is 27.6 Å². The second-order valence-electron chi connectivity index (χ2n) is 6.87. The Morgan fingerprint density at radius 2 is 1.96 bits per heavy atom. The molecular weight excluding hydrogens is 406 g/mol. The lowest BCUT2D eigenvalue weighted by molar-refractivity contribution is -0.121. The first-order valence-electron chi connectivity index (χ1n) is 8.95. The Hall–Kier alpha value is -2.44. The summed E-state index contributed by atoms with van der Waals surface area (Å²) in [4.78, 5) is 29.6. The molecule has 1 aliphatic rings. The molecule has 0 saturated carbocycles. The Kier molecular flexibility index (Phi) is 4.85. The number of carbonyl (C=O) groups excluding carboxylic acids is 2. The molecule has 1 saturated heterocycles. The molecule has 1 unspecified atom stereocenters. The highest BCUT2D eigenvalue weighted by Gasteiger charge is 2.39. The van der Waals surface area contributed by atoms with Gasteiger partial charge in [0.25, 0.3) is 5.91 Å². The molecule has 0 bridgehead atoms. The third kappa shape index (κ3) is 3.55. The number of benzene rings is 2. The van der Waals surface area contributed by atoms with Gasteiger partial charge < -0.3 is 10.3 Å². The smallest absolute Gasteiger partial charge is 0.251 e. The summed E-state index contributed by atoms with van der Waals surface area (Å²) in [6.07, 6.45) is 3.00. The van der Waals surface area contributed by atoms with Crippen molar-refractivity contribution < 1.29 is 9.59 Å². The van der Waals surface area contributed by atoms with Crippen LogP contribution in [0.5, 0.6) is 0 Å². The molecule has 138 valence electrons. The average Bonchev–Trinajstić information content (AvgIpc) is 3.17. The third-order valence-electron chi connectivity index (χ3n) is 4.94. The van der Waals surface area contributed by atoms with Gasteiger partial charge in [-0.25, -0.2) is 4.90 Å². The Labute approximate surface area is 165 Å². The van der Waals surface area contributed by atoms with E-state index in [0.717, 1.165) is 16.4 Å². The number of nitrogens with one attached hydrogen (secondary N) is 2. The molecule has 2 heterocycles. The van der Waals surface area contributed by atoms with E-state index in [9.17, 15) is 9.59 Å². The van der Waals surface area contributed by atoms with Crippen LogP contribution in [-0.4, -0.2) is 29.4 Å². The predicted octanol–water partition coefficient (Wildman–Crippen LogP) is 3.70. The maximum Gasteiger partial charge on any atom is 0.251 e. The van der Waals surface area contributed by atoms with Gasteiger partial charge >= 0.3 is 0 Å². The summed E-state index contributed by atoms with van der Waals surface area (Å²) in [5, 5.41) is 4.47. The molecule has 1 atom stereocenters. The maximum absolute atomic E-state index is 12.7. The summed E-state index contributed by atoms with van der Waals surface area (Å²) in [6, 6.07) is 13.1. The van der Waals surface area contributed by atoms with E-state index < -0.39 is 6.04 Å². The van der Waals surface area contributed by atoms with Gasteiger partial charge in [0, 0.05) is 28.1 Å². The zero-order chi connectivity index (χ0) is 19.0.